The van der Waals surface area contributed by atoms with E-state index in [2.05, 4.69) is 55.5 Å². The first-order valence-electron chi connectivity index (χ1n) is 7.99. The van der Waals surface area contributed by atoms with Crippen molar-refractivity contribution in [2.24, 2.45) is 5.41 Å². The summed E-state index contributed by atoms with van der Waals surface area (Å²) in [4.78, 5) is 4.04. The summed E-state index contributed by atoms with van der Waals surface area (Å²) < 4.78 is 0. The highest BCUT2D eigenvalue weighted by molar-refractivity contribution is 7.10. The summed E-state index contributed by atoms with van der Waals surface area (Å²) in [6, 6.07) is 5.55. The van der Waals surface area contributed by atoms with E-state index in [4.69, 9.17) is 0 Å². The lowest BCUT2D eigenvalue weighted by atomic mass is 9.85. The van der Waals surface area contributed by atoms with Crippen LogP contribution in [0.3, 0.4) is 0 Å². The molecule has 1 aromatic heterocycles. The molecule has 0 aliphatic heterocycles. The van der Waals surface area contributed by atoms with Crippen molar-refractivity contribution in [3.8, 4) is 0 Å². The lowest BCUT2D eigenvalue weighted by molar-refractivity contribution is 0.140. The van der Waals surface area contributed by atoms with E-state index in [1.807, 2.05) is 11.3 Å². The fourth-order valence-corrected chi connectivity index (χ4v) is 4.20. The van der Waals surface area contributed by atoms with Crippen molar-refractivity contribution in [3.63, 3.8) is 0 Å². The summed E-state index contributed by atoms with van der Waals surface area (Å²) >= 11 is 1.88. The number of thiophene rings is 1. The molecule has 2 rings (SSSR count). The number of hydrogen-bond donors (Lipinski definition) is 1. The Labute approximate surface area is 128 Å². The van der Waals surface area contributed by atoms with Gasteiger partial charge in [-0.05, 0) is 43.7 Å². The molecule has 2 nitrogen and oxygen atoms in total. The van der Waals surface area contributed by atoms with Gasteiger partial charge in [-0.15, -0.1) is 11.3 Å². The molecule has 1 unspecified atom stereocenters. The maximum Gasteiger partial charge on any atom is 0.0410 e. The summed E-state index contributed by atoms with van der Waals surface area (Å²) in [7, 11) is 2.29. The summed E-state index contributed by atoms with van der Waals surface area (Å²) in [5.74, 6) is 0. The Bertz CT molecular complexity index is 380. The molecule has 1 aliphatic carbocycles. The van der Waals surface area contributed by atoms with E-state index in [0.717, 1.165) is 0 Å². The molecule has 0 amide bonds. The van der Waals surface area contributed by atoms with Crippen LogP contribution in [0.15, 0.2) is 17.5 Å². The minimum Gasteiger partial charge on any atom is -0.314 e. The maximum atomic E-state index is 3.68. The predicted octanol–water partition coefficient (Wildman–Crippen LogP) is 4.30. The molecule has 1 aromatic rings. The van der Waals surface area contributed by atoms with Gasteiger partial charge in [0.25, 0.3) is 0 Å². The van der Waals surface area contributed by atoms with E-state index < -0.39 is 0 Å². The molecule has 0 radical (unpaired) electrons. The smallest absolute Gasteiger partial charge is 0.0410 e. The van der Waals surface area contributed by atoms with Crippen molar-refractivity contribution in [2.45, 2.75) is 58.5 Å². The minimum atomic E-state index is 0.491. The van der Waals surface area contributed by atoms with Crippen molar-refractivity contribution in [2.75, 3.05) is 20.1 Å². The van der Waals surface area contributed by atoms with Crippen molar-refractivity contribution in [1.29, 1.82) is 0 Å². The zero-order valence-electron chi connectivity index (χ0n) is 13.5. The second-order valence-corrected chi connectivity index (χ2v) is 7.83. The van der Waals surface area contributed by atoms with Gasteiger partial charge < -0.3 is 5.32 Å². The van der Waals surface area contributed by atoms with Crippen molar-refractivity contribution < 1.29 is 0 Å². The second-order valence-electron chi connectivity index (χ2n) is 6.85. The highest BCUT2D eigenvalue weighted by Gasteiger charge is 2.35. The first-order valence-corrected chi connectivity index (χ1v) is 8.87. The number of hydrogen-bond acceptors (Lipinski definition) is 3. The van der Waals surface area contributed by atoms with Crippen molar-refractivity contribution >= 4 is 11.3 Å². The van der Waals surface area contributed by atoms with Crippen LogP contribution in [0.25, 0.3) is 0 Å². The van der Waals surface area contributed by atoms with Gasteiger partial charge >= 0.3 is 0 Å². The molecule has 1 atom stereocenters. The molecule has 1 aliphatic rings. The molecule has 1 saturated carbocycles. The van der Waals surface area contributed by atoms with E-state index in [0.29, 0.717) is 17.5 Å². The molecule has 0 spiro atoms. The Morgan fingerprint density at radius 1 is 1.30 bits per heavy atom. The Morgan fingerprint density at radius 2 is 2.00 bits per heavy atom. The molecular formula is C17H30N2S. The van der Waals surface area contributed by atoms with Crippen LogP contribution in [0.1, 0.15) is 57.4 Å². The lowest BCUT2D eigenvalue weighted by Gasteiger charge is -2.37. The third-order valence-electron chi connectivity index (χ3n) is 4.75. The maximum absolute atomic E-state index is 3.68. The Balaban J connectivity index is 1.97. The molecule has 1 N–H and O–H groups in total. The monoisotopic (exact) mass is 294 g/mol. The number of nitrogens with one attached hydrogen (secondary N) is 1. The molecule has 0 aromatic carbocycles. The summed E-state index contributed by atoms with van der Waals surface area (Å²) in [5, 5.41) is 5.87. The van der Waals surface area contributed by atoms with Gasteiger partial charge in [-0.25, -0.2) is 0 Å². The average molecular weight is 295 g/mol. The summed E-state index contributed by atoms with van der Waals surface area (Å²) in [5.41, 5.74) is 0.491. The Morgan fingerprint density at radius 3 is 2.55 bits per heavy atom. The molecule has 1 heterocycles. The molecule has 20 heavy (non-hydrogen) atoms. The highest BCUT2D eigenvalue weighted by atomic mass is 32.1. The fraction of sp³-hybridized carbons (Fsp3) is 0.765. The van der Waals surface area contributed by atoms with Crippen LogP contribution in [0.2, 0.25) is 0 Å². The van der Waals surface area contributed by atoms with E-state index in [9.17, 15) is 0 Å². The van der Waals surface area contributed by atoms with Crippen LogP contribution in [-0.2, 0) is 0 Å². The predicted molar refractivity (Wildman–Crippen MR) is 89.4 cm³/mol. The van der Waals surface area contributed by atoms with Gasteiger partial charge in [0.2, 0.25) is 0 Å². The standard InChI is InChI=1S/C17H30N2S/c1-14(2)18-12-17(9-5-6-10-17)13-19(4)15(3)16-8-7-11-20-16/h7-8,11,14-15,18H,5-6,9-10,12-13H2,1-4H3. The molecule has 114 valence electrons. The van der Waals surface area contributed by atoms with Crippen LogP contribution in [0, 0.1) is 5.41 Å². The highest BCUT2D eigenvalue weighted by Crippen LogP contribution is 2.39. The SMILES string of the molecule is CC(C)NCC1(CN(C)C(C)c2cccs2)CCCC1. The topological polar surface area (TPSA) is 15.3 Å². The molecule has 1 fully saturated rings. The van der Waals surface area contributed by atoms with E-state index in [-0.39, 0.29) is 0 Å². The van der Waals surface area contributed by atoms with Crippen LogP contribution >= 0.6 is 11.3 Å². The van der Waals surface area contributed by atoms with Crippen LogP contribution < -0.4 is 5.32 Å². The largest absolute Gasteiger partial charge is 0.314 e. The zero-order valence-corrected chi connectivity index (χ0v) is 14.3. The molecule has 0 saturated heterocycles. The third kappa shape index (κ3) is 4.06. The van der Waals surface area contributed by atoms with Gasteiger partial charge in [0.1, 0.15) is 0 Å². The number of rotatable bonds is 7. The van der Waals surface area contributed by atoms with Crippen molar-refractivity contribution in [3.05, 3.63) is 22.4 Å². The van der Waals surface area contributed by atoms with Crippen molar-refractivity contribution in [1.82, 2.24) is 10.2 Å². The quantitative estimate of drug-likeness (QED) is 0.806. The molecule has 0 bridgehead atoms. The number of nitrogens with zero attached hydrogens (tertiary/aromatic N) is 1. The van der Waals surface area contributed by atoms with Crippen LogP contribution in [0.4, 0.5) is 0 Å². The Hall–Kier alpha value is -0.380. The van der Waals surface area contributed by atoms with Gasteiger partial charge in [-0.3, -0.25) is 4.90 Å². The van der Waals surface area contributed by atoms with Gasteiger partial charge in [0.05, 0.1) is 0 Å². The van der Waals surface area contributed by atoms with Gasteiger partial charge in [0.15, 0.2) is 0 Å². The second kappa shape index (κ2) is 7.06. The van der Waals surface area contributed by atoms with E-state index in [1.165, 1.54) is 43.6 Å². The van der Waals surface area contributed by atoms with Gasteiger partial charge in [0, 0.05) is 30.1 Å². The minimum absolute atomic E-state index is 0.491. The normalized spacial score (nSPS) is 19.9. The lowest BCUT2D eigenvalue weighted by Crippen LogP contribution is -2.43. The molecular weight excluding hydrogens is 264 g/mol. The summed E-state index contributed by atoms with van der Waals surface area (Å²) in [6.45, 7) is 9.23. The zero-order chi connectivity index (χ0) is 14.6. The average Bonchev–Trinajstić information content (AvgIpc) is 3.07. The van der Waals surface area contributed by atoms with Crippen LogP contribution in [-0.4, -0.2) is 31.1 Å². The van der Waals surface area contributed by atoms with Gasteiger partial charge in [-0.2, -0.15) is 0 Å². The summed E-state index contributed by atoms with van der Waals surface area (Å²) in [6.07, 6.45) is 5.57. The van der Waals surface area contributed by atoms with E-state index in [1.54, 1.807) is 0 Å². The van der Waals surface area contributed by atoms with E-state index >= 15 is 0 Å². The third-order valence-corrected chi connectivity index (χ3v) is 5.79. The first-order chi connectivity index (χ1) is 9.52. The Kier molecular flexibility index (Phi) is 5.65. The fourth-order valence-electron chi connectivity index (χ4n) is 3.35. The van der Waals surface area contributed by atoms with Crippen LogP contribution in [0.5, 0.6) is 0 Å². The van der Waals surface area contributed by atoms with Gasteiger partial charge in [-0.1, -0.05) is 32.8 Å². The molecule has 3 heteroatoms. The first kappa shape index (κ1) is 16.0.